The number of carbonyl (C=O) groups is 2. The quantitative estimate of drug-likeness (QED) is 0.111. The molecular formula is C34H34N6O4. The van der Waals surface area contributed by atoms with E-state index in [1.165, 1.54) is 12.1 Å². The van der Waals surface area contributed by atoms with E-state index in [4.69, 9.17) is 0 Å². The van der Waals surface area contributed by atoms with Crippen LogP contribution in [0.5, 0.6) is 0 Å². The Kier molecular flexibility index (Phi) is 8.23. The third kappa shape index (κ3) is 6.10. The van der Waals surface area contributed by atoms with E-state index < -0.39 is 4.92 Å². The number of nitrogens with zero attached hydrogens (tertiary/aromatic N) is 3. The van der Waals surface area contributed by atoms with Gasteiger partial charge in [0.1, 0.15) is 5.82 Å². The molecule has 2 aliphatic heterocycles. The van der Waals surface area contributed by atoms with Gasteiger partial charge in [0, 0.05) is 66.8 Å². The molecule has 4 aromatic rings. The van der Waals surface area contributed by atoms with E-state index in [1.54, 1.807) is 6.07 Å². The molecule has 0 unspecified atom stereocenters. The summed E-state index contributed by atoms with van der Waals surface area (Å²) >= 11 is 0. The van der Waals surface area contributed by atoms with Crippen molar-refractivity contribution in [1.82, 2.24) is 14.9 Å². The lowest BCUT2D eigenvalue weighted by molar-refractivity contribution is -0.384. The average molecular weight is 591 g/mol. The van der Waals surface area contributed by atoms with Crippen molar-refractivity contribution in [3.8, 4) is 11.3 Å². The lowest BCUT2D eigenvalue weighted by Gasteiger charge is -2.26. The first-order chi connectivity index (χ1) is 21.4. The Bertz CT molecular complexity index is 1740. The number of nitro benzene ring substituents is 1. The number of imidazole rings is 1. The fraction of sp³-hybridized carbons (Fsp3) is 0.265. The summed E-state index contributed by atoms with van der Waals surface area (Å²) in [4.78, 5) is 46.4. The van der Waals surface area contributed by atoms with Gasteiger partial charge in [0.15, 0.2) is 0 Å². The average Bonchev–Trinajstić information content (AvgIpc) is 3.65. The van der Waals surface area contributed by atoms with Crippen molar-refractivity contribution in [2.75, 3.05) is 23.7 Å². The summed E-state index contributed by atoms with van der Waals surface area (Å²) in [5, 5.41) is 17.9. The molecule has 224 valence electrons. The standard InChI is InChI=1S/C34H34N6O4/c1-2-30-35-21-29(37-30)23-12-14-25(15-13-23)36-33(32-27-20-26(40(43)44)16-17-28(27)38-34(32)42)24-10-8-22(9-11-24)6-5-19-39-18-4-3-7-31(39)41/h8-17,20-21,36H,2-7,18-19H2,1H3,(H,35,37)(H,38,42)/b33-32-. The number of nitrogens with one attached hydrogen (secondary N) is 3. The molecule has 3 aromatic carbocycles. The van der Waals surface area contributed by atoms with E-state index >= 15 is 0 Å². The molecule has 0 atom stereocenters. The predicted octanol–water partition coefficient (Wildman–Crippen LogP) is 6.42. The number of aromatic nitrogens is 2. The highest BCUT2D eigenvalue weighted by atomic mass is 16.6. The number of H-pyrrole nitrogens is 1. The number of aryl methyl sites for hydroxylation is 2. The maximum Gasteiger partial charge on any atom is 0.270 e. The number of hydrogen-bond acceptors (Lipinski definition) is 6. The Morgan fingerprint density at radius 3 is 2.55 bits per heavy atom. The van der Waals surface area contributed by atoms with Crippen molar-refractivity contribution >= 4 is 40.1 Å². The molecule has 0 bridgehead atoms. The molecule has 1 saturated heterocycles. The second-order valence-corrected chi connectivity index (χ2v) is 11.1. The lowest BCUT2D eigenvalue weighted by Crippen LogP contribution is -2.36. The van der Waals surface area contributed by atoms with Crippen LogP contribution in [-0.4, -0.2) is 44.7 Å². The van der Waals surface area contributed by atoms with Crippen LogP contribution < -0.4 is 10.6 Å². The number of rotatable bonds is 10. The van der Waals surface area contributed by atoms with Crippen molar-refractivity contribution in [2.45, 2.75) is 45.4 Å². The smallest absolute Gasteiger partial charge is 0.270 e. The number of likely N-dealkylation sites (tertiary alicyclic amines) is 1. The Morgan fingerprint density at radius 2 is 1.84 bits per heavy atom. The molecule has 44 heavy (non-hydrogen) atoms. The van der Waals surface area contributed by atoms with E-state index in [0.717, 1.165) is 79.1 Å². The zero-order chi connectivity index (χ0) is 30.6. The minimum Gasteiger partial charge on any atom is -0.354 e. The number of piperidine rings is 1. The molecule has 0 spiro atoms. The summed E-state index contributed by atoms with van der Waals surface area (Å²) in [6.45, 7) is 3.63. The number of non-ortho nitro benzene ring substituents is 1. The molecular weight excluding hydrogens is 556 g/mol. The van der Waals surface area contributed by atoms with E-state index in [9.17, 15) is 19.7 Å². The minimum absolute atomic E-state index is 0.0885. The molecule has 1 aromatic heterocycles. The number of aromatic amines is 1. The maximum atomic E-state index is 13.3. The number of fused-ring (bicyclic) bond motifs is 1. The number of amides is 2. The van der Waals surface area contributed by atoms with Gasteiger partial charge >= 0.3 is 0 Å². The number of carbonyl (C=O) groups excluding carboxylic acids is 2. The molecule has 2 aliphatic rings. The van der Waals surface area contributed by atoms with Crippen LogP contribution in [0.1, 0.15) is 55.1 Å². The summed E-state index contributed by atoms with van der Waals surface area (Å²) in [5.74, 6) is 0.823. The van der Waals surface area contributed by atoms with Gasteiger partial charge in [0.25, 0.3) is 11.6 Å². The number of nitro groups is 1. The van der Waals surface area contributed by atoms with E-state index in [1.807, 2.05) is 66.6 Å². The number of hydrogen-bond donors (Lipinski definition) is 3. The van der Waals surface area contributed by atoms with Gasteiger partial charge in [-0.1, -0.05) is 43.3 Å². The molecule has 3 heterocycles. The largest absolute Gasteiger partial charge is 0.354 e. The van der Waals surface area contributed by atoms with E-state index in [2.05, 4.69) is 20.6 Å². The van der Waals surface area contributed by atoms with Gasteiger partial charge in [-0.2, -0.15) is 0 Å². The molecule has 6 rings (SSSR count). The molecule has 1 fully saturated rings. The zero-order valence-electron chi connectivity index (χ0n) is 24.6. The topological polar surface area (TPSA) is 133 Å². The molecule has 10 nitrogen and oxygen atoms in total. The van der Waals surface area contributed by atoms with Crippen LogP contribution in [0.4, 0.5) is 17.1 Å². The summed E-state index contributed by atoms with van der Waals surface area (Å²) in [6, 6.07) is 20.1. The van der Waals surface area contributed by atoms with Crippen molar-refractivity contribution in [3.63, 3.8) is 0 Å². The third-order valence-corrected chi connectivity index (χ3v) is 8.18. The van der Waals surface area contributed by atoms with Gasteiger partial charge in [-0.15, -0.1) is 0 Å². The van der Waals surface area contributed by atoms with Gasteiger partial charge in [-0.25, -0.2) is 4.98 Å². The highest BCUT2D eigenvalue weighted by Crippen LogP contribution is 2.39. The summed E-state index contributed by atoms with van der Waals surface area (Å²) < 4.78 is 0. The first kappa shape index (κ1) is 28.9. The third-order valence-electron chi connectivity index (χ3n) is 8.18. The second kappa shape index (κ2) is 12.5. The van der Waals surface area contributed by atoms with Gasteiger partial charge in [0.2, 0.25) is 5.91 Å². The molecule has 0 radical (unpaired) electrons. The Balaban J connectivity index is 1.30. The van der Waals surface area contributed by atoms with Gasteiger partial charge < -0.3 is 20.5 Å². The SMILES string of the molecule is CCc1nc(-c2ccc(N/C(=C3\C(=O)Nc4ccc([N+](=O)[O-])cc43)c3ccc(CCCN4CCCCC4=O)cc3)cc2)c[nH]1. The number of anilines is 2. The van der Waals surface area contributed by atoms with Gasteiger partial charge in [-0.05, 0) is 55.0 Å². The first-order valence-corrected chi connectivity index (χ1v) is 15.0. The number of benzene rings is 3. The van der Waals surface area contributed by atoms with Crippen LogP contribution in [0, 0.1) is 10.1 Å². The van der Waals surface area contributed by atoms with Crippen LogP contribution in [0.3, 0.4) is 0 Å². The Morgan fingerprint density at radius 1 is 1.05 bits per heavy atom. The highest BCUT2D eigenvalue weighted by Gasteiger charge is 2.30. The Labute approximate surface area is 255 Å². The van der Waals surface area contributed by atoms with Gasteiger partial charge in [0.05, 0.1) is 21.9 Å². The van der Waals surface area contributed by atoms with Crippen molar-refractivity contribution < 1.29 is 14.5 Å². The minimum atomic E-state index is -0.461. The predicted molar refractivity (Wildman–Crippen MR) is 171 cm³/mol. The van der Waals surface area contributed by atoms with Crippen molar-refractivity contribution in [1.29, 1.82) is 0 Å². The van der Waals surface area contributed by atoms with Crippen LogP contribution in [-0.2, 0) is 22.4 Å². The van der Waals surface area contributed by atoms with Crippen LogP contribution >= 0.6 is 0 Å². The first-order valence-electron chi connectivity index (χ1n) is 15.0. The molecule has 0 saturated carbocycles. The normalized spacial score (nSPS) is 15.6. The van der Waals surface area contributed by atoms with Crippen LogP contribution in [0.15, 0.2) is 72.9 Å². The summed E-state index contributed by atoms with van der Waals surface area (Å²) in [7, 11) is 0. The fourth-order valence-electron chi connectivity index (χ4n) is 5.77. The Hall–Kier alpha value is -5.25. The van der Waals surface area contributed by atoms with Crippen LogP contribution in [0.25, 0.3) is 22.5 Å². The molecule has 10 heteroatoms. The van der Waals surface area contributed by atoms with Crippen LogP contribution in [0.2, 0.25) is 0 Å². The van der Waals surface area contributed by atoms with E-state index in [-0.39, 0.29) is 17.5 Å². The lowest BCUT2D eigenvalue weighted by atomic mass is 9.98. The van der Waals surface area contributed by atoms with Crippen molar-refractivity contribution in [2.24, 2.45) is 0 Å². The van der Waals surface area contributed by atoms with Gasteiger partial charge in [-0.3, -0.25) is 19.7 Å². The van der Waals surface area contributed by atoms with E-state index in [0.29, 0.717) is 28.9 Å². The van der Waals surface area contributed by atoms with Crippen molar-refractivity contribution in [3.05, 3.63) is 106 Å². The molecule has 3 N–H and O–H groups in total. The monoisotopic (exact) mass is 590 g/mol. The highest BCUT2D eigenvalue weighted by molar-refractivity contribution is 6.37. The molecule has 2 amide bonds. The molecule has 0 aliphatic carbocycles. The zero-order valence-corrected chi connectivity index (χ0v) is 24.6. The maximum absolute atomic E-state index is 13.3. The second-order valence-electron chi connectivity index (χ2n) is 11.1. The fourth-order valence-corrected chi connectivity index (χ4v) is 5.77. The summed E-state index contributed by atoms with van der Waals surface area (Å²) in [6.07, 6.45) is 7.09. The summed E-state index contributed by atoms with van der Waals surface area (Å²) in [5.41, 5.74) is 6.26.